The first-order valence-electron chi connectivity index (χ1n) is 7.52. The highest BCUT2D eigenvalue weighted by atomic mass is 32.1. The summed E-state index contributed by atoms with van der Waals surface area (Å²) in [5.74, 6) is 0. The summed E-state index contributed by atoms with van der Waals surface area (Å²) in [4.78, 5) is 5.99. The number of hydrogen-bond acceptors (Lipinski definition) is 4. The maximum absolute atomic E-state index is 12.0. The summed E-state index contributed by atoms with van der Waals surface area (Å²) < 4.78 is 0.919. The van der Waals surface area contributed by atoms with Gasteiger partial charge in [0.25, 0.3) is 0 Å². The normalized spacial score (nSPS) is 12.3. The van der Waals surface area contributed by atoms with Crippen LogP contribution in [0, 0.1) is 12.1 Å². The molecule has 0 saturated heterocycles. The van der Waals surface area contributed by atoms with Crippen LogP contribution in [0.1, 0.15) is 34.9 Å². The van der Waals surface area contributed by atoms with E-state index >= 15 is 0 Å². The van der Waals surface area contributed by atoms with Gasteiger partial charge in [0.2, 0.25) is 0 Å². The molecule has 5 heteroatoms. The van der Waals surface area contributed by atoms with Gasteiger partial charge < -0.3 is 10.3 Å². The molecule has 1 N–H and O–H groups in total. The molecule has 0 aromatic carbocycles. The summed E-state index contributed by atoms with van der Waals surface area (Å²) in [6.07, 6.45) is 3.35. The first-order valence-corrected chi connectivity index (χ1v) is 8.33. The number of aliphatic hydroxyl groups excluding tert-OH is 1. The van der Waals surface area contributed by atoms with Gasteiger partial charge in [-0.05, 0) is 36.8 Å². The Morgan fingerprint density at radius 1 is 1.30 bits per heavy atom. The molecule has 0 aliphatic rings. The summed E-state index contributed by atoms with van der Waals surface area (Å²) in [6.45, 7) is 3.84. The van der Waals surface area contributed by atoms with E-state index in [9.17, 15) is 10.3 Å². The Kier molecular flexibility index (Phi) is 4.41. The molecule has 0 saturated carbocycles. The molecule has 3 aromatic rings. The van der Waals surface area contributed by atoms with E-state index in [2.05, 4.69) is 4.98 Å². The Hall–Kier alpha value is -2.24. The lowest BCUT2D eigenvalue weighted by Crippen LogP contribution is -2.30. The molecule has 23 heavy (non-hydrogen) atoms. The number of aryl methyl sites for hydroxylation is 1. The highest BCUT2D eigenvalue weighted by Gasteiger charge is 2.18. The van der Waals surface area contributed by atoms with Crippen molar-refractivity contribution in [2.24, 2.45) is 0 Å². The van der Waals surface area contributed by atoms with Crippen molar-refractivity contribution in [3.8, 4) is 10.4 Å². The molecule has 0 bridgehead atoms. The largest absolute Gasteiger partial charge is 0.618 e. The van der Waals surface area contributed by atoms with Crippen LogP contribution in [0.2, 0.25) is 0 Å². The second-order valence-electron chi connectivity index (χ2n) is 5.39. The van der Waals surface area contributed by atoms with Gasteiger partial charge in [0.05, 0.1) is 11.3 Å². The molecule has 0 radical (unpaired) electrons. The number of aromatic nitrogens is 2. The first kappa shape index (κ1) is 15.6. The third-order valence-electron chi connectivity index (χ3n) is 3.87. The molecule has 1 unspecified atom stereocenters. The van der Waals surface area contributed by atoms with Crippen molar-refractivity contribution in [2.75, 3.05) is 0 Å². The van der Waals surface area contributed by atoms with Crippen molar-refractivity contribution < 1.29 is 9.84 Å². The molecule has 3 heterocycles. The third kappa shape index (κ3) is 3.11. The molecule has 0 aliphatic heterocycles. The van der Waals surface area contributed by atoms with E-state index in [0.717, 1.165) is 32.0 Å². The lowest BCUT2D eigenvalue weighted by molar-refractivity contribution is -0.612. The number of rotatable bonds is 4. The second-order valence-corrected chi connectivity index (χ2v) is 6.50. The second kappa shape index (κ2) is 6.48. The van der Waals surface area contributed by atoms with E-state index in [-0.39, 0.29) is 0 Å². The van der Waals surface area contributed by atoms with Gasteiger partial charge in [0.1, 0.15) is 6.10 Å². The van der Waals surface area contributed by atoms with Crippen LogP contribution in [0.25, 0.3) is 10.4 Å². The van der Waals surface area contributed by atoms with Crippen molar-refractivity contribution in [3.63, 3.8) is 0 Å². The Labute approximate surface area is 139 Å². The van der Waals surface area contributed by atoms with Crippen molar-refractivity contribution in [2.45, 2.75) is 26.4 Å². The zero-order valence-electron chi connectivity index (χ0n) is 13.1. The van der Waals surface area contributed by atoms with Crippen LogP contribution in [-0.2, 0) is 6.42 Å². The average Bonchev–Trinajstić information content (AvgIpc) is 3.07. The summed E-state index contributed by atoms with van der Waals surface area (Å²) in [7, 11) is 0. The number of hydrogen-bond donors (Lipinski definition) is 1. The zero-order valence-corrected chi connectivity index (χ0v) is 13.9. The van der Waals surface area contributed by atoms with Crippen molar-refractivity contribution in [1.82, 2.24) is 4.98 Å². The SMILES string of the molecule is CCc1cc(-c2ccc(C(O)c3ccccn3)s2)c(C)[n+]([O-])c1. The predicted octanol–water partition coefficient (Wildman–Crippen LogP) is 3.40. The summed E-state index contributed by atoms with van der Waals surface area (Å²) in [5.41, 5.74) is 3.21. The van der Waals surface area contributed by atoms with Crippen molar-refractivity contribution >= 4 is 11.3 Å². The maximum Gasteiger partial charge on any atom is 0.198 e. The zero-order chi connectivity index (χ0) is 16.4. The Morgan fingerprint density at radius 2 is 2.13 bits per heavy atom. The standard InChI is InChI=1S/C18H18N2O2S/c1-3-13-10-14(12(2)20(22)11-13)16-7-8-17(23-16)18(21)15-6-4-5-9-19-15/h4-11,18,21H,3H2,1-2H3. The van der Waals surface area contributed by atoms with E-state index in [1.165, 1.54) is 11.3 Å². The highest BCUT2D eigenvalue weighted by Crippen LogP contribution is 2.34. The third-order valence-corrected chi connectivity index (χ3v) is 5.04. The van der Waals surface area contributed by atoms with Crippen molar-refractivity contribution in [1.29, 1.82) is 0 Å². The molecule has 0 aliphatic carbocycles. The molecule has 4 nitrogen and oxygen atoms in total. The molecule has 118 valence electrons. The Morgan fingerprint density at radius 3 is 2.83 bits per heavy atom. The minimum atomic E-state index is -0.746. The monoisotopic (exact) mass is 326 g/mol. The van der Waals surface area contributed by atoms with Gasteiger partial charge in [-0.15, -0.1) is 11.3 Å². The topological polar surface area (TPSA) is 60.1 Å². The minimum absolute atomic E-state index is 0.624. The van der Waals surface area contributed by atoms with Gasteiger partial charge in [0, 0.05) is 28.4 Å². The quantitative estimate of drug-likeness (QED) is 0.590. The van der Waals surface area contributed by atoms with Crippen LogP contribution >= 0.6 is 11.3 Å². The van der Waals surface area contributed by atoms with Crippen LogP contribution in [-0.4, -0.2) is 10.1 Å². The number of aliphatic hydroxyl groups is 1. The molecule has 0 amide bonds. The first-order chi connectivity index (χ1) is 11.1. The van der Waals surface area contributed by atoms with E-state index in [0.29, 0.717) is 11.4 Å². The average molecular weight is 326 g/mol. The van der Waals surface area contributed by atoms with Gasteiger partial charge in [0.15, 0.2) is 11.9 Å². The molecule has 0 spiro atoms. The molecular formula is C18H18N2O2S. The molecular weight excluding hydrogens is 308 g/mol. The van der Waals surface area contributed by atoms with E-state index in [4.69, 9.17) is 0 Å². The number of thiophene rings is 1. The lowest BCUT2D eigenvalue weighted by Gasteiger charge is -2.08. The van der Waals surface area contributed by atoms with Gasteiger partial charge in [-0.25, -0.2) is 0 Å². The fourth-order valence-electron chi connectivity index (χ4n) is 2.46. The predicted molar refractivity (Wildman–Crippen MR) is 91.1 cm³/mol. The Balaban J connectivity index is 1.98. The molecule has 3 rings (SSSR count). The van der Waals surface area contributed by atoms with Crippen molar-refractivity contribution in [3.05, 3.63) is 75.8 Å². The van der Waals surface area contributed by atoms with Gasteiger partial charge in [-0.3, -0.25) is 4.98 Å². The van der Waals surface area contributed by atoms with Gasteiger partial charge >= 0.3 is 0 Å². The van der Waals surface area contributed by atoms with E-state index in [1.807, 2.05) is 44.2 Å². The number of pyridine rings is 2. The number of nitrogens with zero attached hydrogens (tertiary/aromatic N) is 2. The van der Waals surface area contributed by atoms with Gasteiger partial charge in [-0.2, -0.15) is 4.73 Å². The van der Waals surface area contributed by atoms with E-state index < -0.39 is 6.10 Å². The van der Waals surface area contributed by atoms with Gasteiger partial charge in [-0.1, -0.05) is 13.0 Å². The van der Waals surface area contributed by atoms with Crippen LogP contribution in [0.3, 0.4) is 0 Å². The van der Waals surface area contributed by atoms with E-state index in [1.54, 1.807) is 18.5 Å². The molecule has 1 atom stereocenters. The smallest absolute Gasteiger partial charge is 0.198 e. The summed E-state index contributed by atoms with van der Waals surface area (Å²) >= 11 is 1.49. The Bertz CT molecular complexity index is 815. The van der Waals surface area contributed by atoms with Crippen LogP contribution in [0.15, 0.2) is 48.8 Å². The van der Waals surface area contributed by atoms with Crippen LogP contribution < -0.4 is 4.73 Å². The minimum Gasteiger partial charge on any atom is -0.618 e. The maximum atomic E-state index is 12.0. The lowest BCUT2D eigenvalue weighted by atomic mass is 10.1. The molecule has 0 fully saturated rings. The highest BCUT2D eigenvalue weighted by molar-refractivity contribution is 7.15. The van der Waals surface area contributed by atoms with Crippen LogP contribution in [0.4, 0.5) is 0 Å². The van der Waals surface area contributed by atoms with Crippen LogP contribution in [0.5, 0.6) is 0 Å². The summed E-state index contributed by atoms with van der Waals surface area (Å²) in [5, 5.41) is 22.5. The fourth-order valence-corrected chi connectivity index (χ4v) is 3.54. The molecule has 3 aromatic heterocycles. The summed E-state index contributed by atoms with van der Waals surface area (Å²) in [6, 6.07) is 11.4. The fraction of sp³-hybridized carbons (Fsp3) is 0.222.